The Labute approximate surface area is 141 Å². The van der Waals surface area contributed by atoms with Crippen LogP contribution in [0.25, 0.3) is 5.69 Å². The van der Waals surface area contributed by atoms with E-state index in [0.29, 0.717) is 38.7 Å². The molecule has 0 bridgehead atoms. The number of carbonyl (C=O) groups excluding carboxylic acids is 1. The van der Waals surface area contributed by atoms with Gasteiger partial charge in [-0.2, -0.15) is 4.68 Å². The van der Waals surface area contributed by atoms with E-state index < -0.39 is 6.10 Å². The van der Waals surface area contributed by atoms with Crippen molar-refractivity contribution in [2.75, 3.05) is 37.7 Å². The highest BCUT2D eigenvalue weighted by atomic mass is 16.5. The van der Waals surface area contributed by atoms with E-state index in [4.69, 9.17) is 4.74 Å². The number of para-hydroxylation sites is 1. The Morgan fingerprint density at radius 1 is 1.21 bits per heavy atom. The number of piperazine rings is 1. The fraction of sp³-hybridized carbons (Fsp3) is 0.500. The molecule has 0 radical (unpaired) electrons. The van der Waals surface area contributed by atoms with Crippen molar-refractivity contribution in [2.24, 2.45) is 0 Å². The first-order valence-electron chi connectivity index (χ1n) is 8.20. The molecule has 0 aliphatic carbocycles. The minimum Gasteiger partial charge on any atom is -0.369 e. The standard InChI is InChI=1S/C16H22N6O2/c1-3-24-13(2)15(23)20-9-11-21(12-10-20)16-17-18-19-22(16)14-7-5-4-6-8-14/h4-8,13H,3,9-12H2,1-2H3. The molecule has 8 heteroatoms. The summed E-state index contributed by atoms with van der Waals surface area (Å²) in [5.74, 6) is 0.741. The number of ether oxygens (including phenoxy) is 1. The lowest BCUT2D eigenvalue weighted by Gasteiger charge is -2.35. The van der Waals surface area contributed by atoms with Crippen molar-refractivity contribution < 1.29 is 9.53 Å². The predicted molar refractivity (Wildman–Crippen MR) is 89.0 cm³/mol. The molecule has 1 aliphatic heterocycles. The van der Waals surface area contributed by atoms with Gasteiger partial charge in [-0.15, -0.1) is 0 Å². The van der Waals surface area contributed by atoms with Gasteiger partial charge in [-0.1, -0.05) is 23.3 Å². The van der Waals surface area contributed by atoms with E-state index in [0.717, 1.165) is 5.69 Å². The second-order valence-electron chi connectivity index (χ2n) is 5.64. The number of anilines is 1. The lowest BCUT2D eigenvalue weighted by atomic mass is 10.2. The van der Waals surface area contributed by atoms with Crippen LogP contribution in [0.15, 0.2) is 30.3 Å². The quantitative estimate of drug-likeness (QED) is 0.805. The number of rotatable bonds is 5. The molecule has 3 rings (SSSR count). The van der Waals surface area contributed by atoms with Gasteiger partial charge < -0.3 is 14.5 Å². The summed E-state index contributed by atoms with van der Waals surface area (Å²) in [6.45, 7) is 6.89. The van der Waals surface area contributed by atoms with Crippen LogP contribution in [-0.4, -0.2) is 69.9 Å². The third-order valence-corrected chi connectivity index (χ3v) is 4.09. The molecule has 8 nitrogen and oxygen atoms in total. The number of benzene rings is 1. The van der Waals surface area contributed by atoms with Crippen LogP contribution in [0.1, 0.15) is 13.8 Å². The SMILES string of the molecule is CCOC(C)C(=O)N1CCN(c2nnnn2-c2ccccc2)CC1. The van der Waals surface area contributed by atoms with E-state index in [1.165, 1.54) is 0 Å². The van der Waals surface area contributed by atoms with E-state index in [9.17, 15) is 4.79 Å². The Morgan fingerprint density at radius 3 is 2.58 bits per heavy atom. The first kappa shape index (κ1) is 16.4. The van der Waals surface area contributed by atoms with Gasteiger partial charge in [0.2, 0.25) is 5.95 Å². The summed E-state index contributed by atoms with van der Waals surface area (Å²) in [5, 5.41) is 12.0. The summed E-state index contributed by atoms with van der Waals surface area (Å²) < 4.78 is 7.11. The smallest absolute Gasteiger partial charge is 0.251 e. The largest absolute Gasteiger partial charge is 0.369 e. The zero-order chi connectivity index (χ0) is 16.9. The number of tetrazole rings is 1. The first-order chi connectivity index (χ1) is 11.7. The fourth-order valence-corrected chi connectivity index (χ4v) is 2.82. The maximum Gasteiger partial charge on any atom is 0.251 e. The van der Waals surface area contributed by atoms with Crippen LogP contribution in [0.3, 0.4) is 0 Å². The number of aromatic nitrogens is 4. The zero-order valence-electron chi connectivity index (χ0n) is 14.0. The minimum atomic E-state index is -0.392. The predicted octanol–water partition coefficient (Wildman–Crippen LogP) is 0.736. The Hall–Kier alpha value is -2.48. The van der Waals surface area contributed by atoms with Crippen molar-refractivity contribution in [3.63, 3.8) is 0 Å². The number of hydrogen-bond acceptors (Lipinski definition) is 6. The molecular weight excluding hydrogens is 308 g/mol. The highest BCUT2D eigenvalue weighted by Gasteiger charge is 2.27. The minimum absolute atomic E-state index is 0.0409. The van der Waals surface area contributed by atoms with Gasteiger partial charge in [0.25, 0.3) is 5.91 Å². The third-order valence-electron chi connectivity index (χ3n) is 4.09. The molecule has 1 fully saturated rings. The maximum atomic E-state index is 12.3. The van der Waals surface area contributed by atoms with E-state index in [2.05, 4.69) is 20.4 Å². The molecule has 1 aromatic carbocycles. The molecule has 2 heterocycles. The fourth-order valence-electron chi connectivity index (χ4n) is 2.82. The third kappa shape index (κ3) is 3.38. The average Bonchev–Trinajstić information content (AvgIpc) is 3.12. The number of amides is 1. The van der Waals surface area contributed by atoms with Crippen molar-refractivity contribution >= 4 is 11.9 Å². The van der Waals surface area contributed by atoms with Crippen molar-refractivity contribution in [1.82, 2.24) is 25.1 Å². The van der Waals surface area contributed by atoms with Crippen molar-refractivity contribution in [1.29, 1.82) is 0 Å². The summed E-state index contributed by atoms with van der Waals surface area (Å²) in [6, 6.07) is 9.78. The van der Waals surface area contributed by atoms with Crippen molar-refractivity contribution in [3.8, 4) is 5.69 Å². The van der Waals surface area contributed by atoms with Crippen LogP contribution in [0.2, 0.25) is 0 Å². The number of nitrogens with zero attached hydrogens (tertiary/aromatic N) is 6. The summed E-state index contributed by atoms with van der Waals surface area (Å²) in [7, 11) is 0. The van der Waals surface area contributed by atoms with Gasteiger partial charge in [0.1, 0.15) is 6.10 Å². The van der Waals surface area contributed by atoms with E-state index in [1.807, 2.05) is 42.2 Å². The van der Waals surface area contributed by atoms with Gasteiger partial charge in [-0.25, -0.2) is 0 Å². The number of hydrogen-bond donors (Lipinski definition) is 0. The lowest BCUT2D eigenvalue weighted by molar-refractivity contribution is -0.142. The highest BCUT2D eigenvalue weighted by Crippen LogP contribution is 2.17. The van der Waals surface area contributed by atoms with Gasteiger partial charge in [-0.05, 0) is 36.4 Å². The summed E-state index contributed by atoms with van der Waals surface area (Å²) >= 11 is 0. The summed E-state index contributed by atoms with van der Waals surface area (Å²) in [5.41, 5.74) is 0.918. The lowest BCUT2D eigenvalue weighted by Crippen LogP contribution is -2.52. The molecule has 24 heavy (non-hydrogen) atoms. The maximum absolute atomic E-state index is 12.3. The molecule has 1 aliphatic rings. The van der Waals surface area contributed by atoms with Crippen LogP contribution in [-0.2, 0) is 9.53 Å². The molecule has 2 aromatic rings. The van der Waals surface area contributed by atoms with Gasteiger partial charge in [0.05, 0.1) is 5.69 Å². The molecule has 0 spiro atoms. The van der Waals surface area contributed by atoms with Crippen LogP contribution >= 0.6 is 0 Å². The molecule has 0 N–H and O–H groups in total. The van der Waals surface area contributed by atoms with Crippen LogP contribution in [0.5, 0.6) is 0 Å². The van der Waals surface area contributed by atoms with Crippen LogP contribution in [0.4, 0.5) is 5.95 Å². The van der Waals surface area contributed by atoms with Gasteiger partial charge >= 0.3 is 0 Å². The molecule has 128 valence electrons. The van der Waals surface area contributed by atoms with Crippen LogP contribution < -0.4 is 4.90 Å². The van der Waals surface area contributed by atoms with Gasteiger partial charge in [-0.3, -0.25) is 4.79 Å². The first-order valence-corrected chi connectivity index (χ1v) is 8.20. The Bertz CT molecular complexity index is 666. The Morgan fingerprint density at radius 2 is 1.92 bits per heavy atom. The normalized spacial score (nSPS) is 16.2. The molecule has 1 saturated heterocycles. The van der Waals surface area contributed by atoms with Gasteiger partial charge in [0.15, 0.2) is 0 Å². The molecule has 1 aromatic heterocycles. The average molecular weight is 330 g/mol. The van der Waals surface area contributed by atoms with E-state index in [-0.39, 0.29) is 5.91 Å². The zero-order valence-corrected chi connectivity index (χ0v) is 14.0. The van der Waals surface area contributed by atoms with Crippen LogP contribution in [0, 0.1) is 0 Å². The number of carbonyl (C=O) groups is 1. The molecule has 0 saturated carbocycles. The van der Waals surface area contributed by atoms with Gasteiger partial charge in [0, 0.05) is 32.8 Å². The van der Waals surface area contributed by atoms with E-state index in [1.54, 1.807) is 11.6 Å². The second-order valence-corrected chi connectivity index (χ2v) is 5.64. The highest BCUT2D eigenvalue weighted by molar-refractivity contribution is 5.80. The Balaban J connectivity index is 1.66. The van der Waals surface area contributed by atoms with Crippen molar-refractivity contribution in [3.05, 3.63) is 30.3 Å². The van der Waals surface area contributed by atoms with E-state index >= 15 is 0 Å². The molecule has 1 atom stereocenters. The second kappa shape index (κ2) is 7.39. The Kier molecular flexibility index (Phi) is 5.05. The molecular formula is C16H22N6O2. The monoisotopic (exact) mass is 330 g/mol. The summed E-state index contributed by atoms with van der Waals surface area (Å²) in [4.78, 5) is 16.2. The topological polar surface area (TPSA) is 76.4 Å². The molecule has 1 amide bonds. The summed E-state index contributed by atoms with van der Waals surface area (Å²) in [6.07, 6.45) is -0.392. The van der Waals surface area contributed by atoms with Crippen molar-refractivity contribution in [2.45, 2.75) is 20.0 Å². The molecule has 1 unspecified atom stereocenters.